The van der Waals surface area contributed by atoms with Crippen molar-refractivity contribution < 1.29 is 27.6 Å². The number of ether oxygens (including phenoxy) is 2. The maximum atomic E-state index is 12.3. The highest BCUT2D eigenvalue weighted by atomic mass is 35.5. The number of benzene rings is 2. The number of nitro benzene ring substituents is 1. The van der Waals surface area contributed by atoms with Gasteiger partial charge in [0, 0.05) is 16.7 Å². The summed E-state index contributed by atoms with van der Waals surface area (Å²) in [5.74, 6) is -0.478. The van der Waals surface area contributed by atoms with Gasteiger partial charge in [0.1, 0.15) is 12.3 Å². The van der Waals surface area contributed by atoms with Crippen molar-refractivity contribution in [1.29, 1.82) is 0 Å². The third kappa shape index (κ3) is 6.30. The summed E-state index contributed by atoms with van der Waals surface area (Å²) in [6, 6.07) is 8.45. The molecule has 0 aliphatic rings. The zero-order valence-electron chi connectivity index (χ0n) is 16.7. The summed E-state index contributed by atoms with van der Waals surface area (Å²) < 4.78 is 35.4. The highest BCUT2D eigenvalue weighted by Gasteiger charge is 2.24. The number of sulfonamides is 1. The first-order valence-corrected chi connectivity index (χ1v) is 10.7. The summed E-state index contributed by atoms with van der Waals surface area (Å²) in [6.07, 6.45) is 2.11. The number of halogens is 1. The molecular weight excluding hydrogens is 452 g/mol. The first kappa shape index (κ1) is 23.9. The molecule has 2 rings (SSSR count). The van der Waals surface area contributed by atoms with Gasteiger partial charge in [0.2, 0.25) is 10.0 Å². The van der Waals surface area contributed by atoms with E-state index in [1.54, 1.807) is 0 Å². The smallest absolute Gasteiger partial charge is 0.311 e. The van der Waals surface area contributed by atoms with Gasteiger partial charge in [-0.15, -0.1) is 0 Å². The first-order chi connectivity index (χ1) is 14.6. The Balaban J connectivity index is 2.19. The van der Waals surface area contributed by atoms with Crippen LogP contribution in [0.2, 0.25) is 5.02 Å². The second-order valence-electron chi connectivity index (χ2n) is 6.07. The van der Waals surface area contributed by atoms with E-state index in [0.29, 0.717) is 5.56 Å². The zero-order valence-corrected chi connectivity index (χ0v) is 18.3. The molecule has 0 fully saturated rings. The van der Waals surface area contributed by atoms with Gasteiger partial charge >= 0.3 is 5.69 Å². The Labute approximate surface area is 183 Å². The van der Waals surface area contributed by atoms with Crippen molar-refractivity contribution >= 4 is 45.1 Å². The van der Waals surface area contributed by atoms with Gasteiger partial charge in [-0.3, -0.25) is 19.2 Å². The van der Waals surface area contributed by atoms with Crippen LogP contribution in [0, 0.1) is 10.1 Å². The third-order valence-corrected chi connectivity index (χ3v) is 5.26. The summed E-state index contributed by atoms with van der Waals surface area (Å²) in [6.45, 7) is -0.602. The van der Waals surface area contributed by atoms with Gasteiger partial charge < -0.3 is 9.47 Å². The van der Waals surface area contributed by atoms with E-state index >= 15 is 0 Å². The number of carbonyl (C=O) groups excluding carboxylic acids is 1. The molecule has 0 saturated carbocycles. The molecule has 2 aromatic rings. The molecular formula is C18H19ClN4O7S. The predicted octanol–water partition coefficient (Wildman–Crippen LogP) is 2.18. The average molecular weight is 471 g/mol. The molecule has 13 heteroatoms. The fraction of sp³-hybridized carbons (Fsp3) is 0.222. The van der Waals surface area contributed by atoms with Gasteiger partial charge in [-0.2, -0.15) is 5.10 Å². The van der Waals surface area contributed by atoms with Crippen LogP contribution in [0.4, 0.5) is 11.4 Å². The number of nitrogens with zero attached hydrogens (tertiary/aromatic N) is 3. The Morgan fingerprint density at radius 2 is 1.87 bits per heavy atom. The number of rotatable bonds is 9. The van der Waals surface area contributed by atoms with E-state index in [9.17, 15) is 23.3 Å². The molecule has 0 unspecified atom stereocenters. The fourth-order valence-corrected chi connectivity index (χ4v) is 3.53. The van der Waals surface area contributed by atoms with Crippen molar-refractivity contribution in [3.63, 3.8) is 0 Å². The van der Waals surface area contributed by atoms with Crippen LogP contribution < -0.4 is 19.2 Å². The fourth-order valence-electron chi connectivity index (χ4n) is 2.51. The summed E-state index contributed by atoms with van der Waals surface area (Å²) in [5, 5.41) is 15.0. The van der Waals surface area contributed by atoms with Gasteiger partial charge in [0.05, 0.1) is 37.3 Å². The van der Waals surface area contributed by atoms with E-state index in [-0.39, 0.29) is 27.9 Å². The van der Waals surface area contributed by atoms with Crippen molar-refractivity contribution in [3.05, 3.63) is 57.1 Å². The van der Waals surface area contributed by atoms with Crippen molar-refractivity contribution in [1.82, 2.24) is 5.43 Å². The number of anilines is 1. The Hall–Kier alpha value is -3.38. The molecule has 2 aromatic carbocycles. The average Bonchev–Trinajstić information content (AvgIpc) is 2.71. The Morgan fingerprint density at radius 1 is 1.23 bits per heavy atom. The molecule has 1 amide bonds. The lowest BCUT2D eigenvalue weighted by molar-refractivity contribution is -0.385. The van der Waals surface area contributed by atoms with E-state index in [2.05, 4.69) is 10.5 Å². The Morgan fingerprint density at radius 3 is 2.45 bits per heavy atom. The number of hydrogen-bond acceptors (Lipinski definition) is 8. The van der Waals surface area contributed by atoms with Crippen molar-refractivity contribution in [2.75, 3.05) is 31.3 Å². The van der Waals surface area contributed by atoms with Crippen LogP contribution in [0.5, 0.6) is 11.5 Å². The van der Waals surface area contributed by atoms with Crippen LogP contribution in [-0.2, 0) is 14.8 Å². The van der Waals surface area contributed by atoms with Crippen molar-refractivity contribution in [2.24, 2.45) is 5.10 Å². The Kier molecular flexibility index (Phi) is 7.78. The lowest BCUT2D eigenvalue weighted by Gasteiger charge is -2.23. The summed E-state index contributed by atoms with van der Waals surface area (Å²) >= 11 is 5.95. The molecule has 166 valence electrons. The molecule has 0 spiro atoms. The van der Waals surface area contributed by atoms with Crippen LogP contribution in [0.15, 0.2) is 41.5 Å². The van der Waals surface area contributed by atoms with Crippen LogP contribution in [0.1, 0.15) is 5.56 Å². The predicted molar refractivity (Wildman–Crippen MR) is 116 cm³/mol. The molecule has 0 radical (unpaired) electrons. The topological polar surface area (TPSA) is 140 Å². The highest BCUT2D eigenvalue weighted by molar-refractivity contribution is 7.92. The monoisotopic (exact) mass is 470 g/mol. The van der Waals surface area contributed by atoms with Gasteiger partial charge in [0.15, 0.2) is 5.75 Å². The standard InChI is InChI=1S/C18H19ClN4O7S/c1-29-16-7-5-13(19)9-14(16)22(31(3,27)28)11-18(24)21-20-10-12-4-6-17(30-2)15(8-12)23(25)26/h4-10H,11H2,1-3H3,(H,21,24). The van der Waals surface area contributed by atoms with Gasteiger partial charge in [-0.1, -0.05) is 11.6 Å². The molecule has 0 atom stereocenters. The van der Waals surface area contributed by atoms with Gasteiger partial charge in [0.25, 0.3) is 5.91 Å². The highest BCUT2D eigenvalue weighted by Crippen LogP contribution is 2.32. The maximum absolute atomic E-state index is 12.3. The number of nitrogens with one attached hydrogen (secondary N) is 1. The number of hydrazone groups is 1. The van der Waals surface area contributed by atoms with Crippen LogP contribution in [0.3, 0.4) is 0 Å². The summed E-state index contributed by atoms with van der Waals surface area (Å²) in [7, 11) is -1.21. The minimum absolute atomic E-state index is 0.0745. The molecule has 0 aromatic heterocycles. The number of methoxy groups -OCH3 is 2. The van der Waals surface area contributed by atoms with E-state index < -0.39 is 27.4 Å². The largest absolute Gasteiger partial charge is 0.495 e. The van der Waals surface area contributed by atoms with Crippen molar-refractivity contribution in [2.45, 2.75) is 0 Å². The van der Waals surface area contributed by atoms with E-state index in [1.807, 2.05) is 0 Å². The maximum Gasteiger partial charge on any atom is 0.311 e. The van der Waals surface area contributed by atoms with Crippen LogP contribution in [0.25, 0.3) is 0 Å². The summed E-state index contributed by atoms with van der Waals surface area (Å²) in [4.78, 5) is 22.7. The number of carbonyl (C=O) groups is 1. The summed E-state index contributed by atoms with van der Waals surface area (Å²) in [5.41, 5.74) is 2.32. The normalized spacial score (nSPS) is 11.2. The molecule has 0 bridgehead atoms. The molecule has 11 nitrogen and oxygen atoms in total. The molecule has 1 N–H and O–H groups in total. The second-order valence-corrected chi connectivity index (χ2v) is 8.41. The number of hydrogen-bond donors (Lipinski definition) is 1. The van der Waals surface area contributed by atoms with Gasteiger partial charge in [-0.25, -0.2) is 13.8 Å². The Bertz CT molecular complexity index is 1120. The van der Waals surface area contributed by atoms with E-state index in [0.717, 1.165) is 10.6 Å². The van der Waals surface area contributed by atoms with Gasteiger partial charge in [-0.05, 0) is 30.3 Å². The number of nitro groups is 1. The quantitative estimate of drug-likeness (QED) is 0.336. The molecule has 31 heavy (non-hydrogen) atoms. The first-order valence-electron chi connectivity index (χ1n) is 8.52. The molecule has 0 aliphatic heterocycles. The third-order valence-electron chi connectivity index (χ3n) is 3.90. The molecule has 0 heterocycles. The zero-order chi connectivity index (χ0) is 23.2. The second kappa shape index (κ2) is 10.1. The van der Waals surface area contributed by atoms with Crippen LogP contribution in [-0.4, -0.2) is 52.5 Å². The van der Waals surface area contributed by atoms with E-state index in [4.69, 9.17) is 21.1 Å². The minimum Gasteiger partial charge on any atom is -0.495 e. The minimum atomic E-state index is -3.87. The van der Waals surface area contributed by atoms with Crippen LogP contribution >= 0.6 is 11.6 Å². The van der Waals surface area contributed by atoms with Crippen molar-refractivity contribution in [3.8, 4) is 11.5 Å². The van der Waals surface area contributed by atoms with E-state index in [1.165, 1.54) is 56.8 Å². The number of amides is 1. The molecule has 0 aliphatic carbocycles. The molecule has 0 saturated heterocycles. The lowest BCUT2D eigenvalue weighted by atomic mass is 10.2. The lowest BCUT2D eigenvalue weighted by Crippen LogP contribution is -2.39. The SMILES string of the molecule is COc1ccc(Cl)cc1N(CC(=O)NN=Cc1ccc(OC)c([N+](=O)[O-])c1)S(C)(=O)=O.